The molecule has 6 aromatic rings. The fourth-order valence-electron chi connectivity index (χ4n) is 5.37. The lowest BCUT2D eigenvalue weighted by molar-refractivity contribution is 0.647. The van der Waals surface area contributed by atoms with Gasteiger partial charge in [-0.3, -0.25) is 4.98 Å². The highest BCUT2D eigenvalue weighted by Gasteiger charge is 2.19. The second-order valence-electron chi connectivity index (χ2n) is 10.1. The van der Waals surface area contributed by atoms with E-state index in [9.17, 15) is 0 Å². The molecule has 0 aliphatic rings. The maximum atomic E-state index is 9.10. The highest BCUT2D eigenvalue weighted by molar-refractivity contribution is 7.19. The highest BCUT2D eigenvalue weighted by atomic mass is 32.1. The zero-order valence-electron chi connectivity index (χ0n) is 23.6. The summed E-state index contributed by atoms with van der Waals surface area (Å²) in [4.78, 5) is 6.22. The highest BCUT2D eigenvalue weighted by Crippen LogP contribution is 2.42. The van der Waals surface area contributed by atoms with Crippen molar-refractivity contribution in [2.75, 3.05) is 0 Å². The number of nitrogens with zero attached hydrogens (tertiary/aromatic N) is 1. The largest absolute Gasteiger partial charge is 0.455 e. The molecule has 0 saturated heterocycles. The number of para-hydroxylation sites is 1. The molecule has 0 atom stereocenters. The van der Waals surface area contributed by atoms with Gasteiger partial charge in [0.2, 0.25) is 0 Å². The number of hydrogen-bond donors (Lipinski definition) is 0. The Morgan fingerprint density at radius 2 is 1.61 bits per heavy atom. The smallest absolute Gasteiger partial charge is 0.144 e. The summed E-state index contributed by atoms with van der Waals surface area (Å²) in [6.45, 7) is 12.3. The Morgan fingerprint density at radius 1 is 0.889 bits per heavy atom. The maximum Gasteiger partial charge on any atom is 0.144 e. The van der Waals surface area contributed by atoms with Crippen LogP contribution < -0.4 is 0 Å². The summed E-state index contributed by atoms with van der Waals surface area (Å²) in [5.74, 6) is -0.207. The minimum atomic E-state index is -1.54. The quantitative estimate of drug-likeness (QED) is 0.245. The predicted octanol–water partition coefficient (Wildman–Crippen LogP) is 9.96. The molecule has 0 saturated carbocycles. The van der Waals surface area contributed by atoms with E-state index in [-0.39, 0.29) is 5.92 Å². The number of rotatable bonds is 4. The fraction of sp³-hybridized carbons (Fsp3) is 0.242. The van der Waals surface area contributed by atoms with E-state index < -0.39 is 6.37 Å². The third kappa shape index (κ3) is 3.57. The molecule has 2 nitrogen and oxygen atoms in total. The lowest BCUT2D eigenvalue weighted by Gasteiger charge is -2.17. The first-order valence-electron chi connectivity index (χ1n) is 13.5. The summed E-state index contributed by atoms with van der Waals surface area (Å²) < 4.78 is 26.1. The van der Waals surface area contributed by atoms with Crippen LogP contribution in [0.2, 0.25) is 0 Å². The number of hydrogen-bond acceptors (Lipinski definition) is 3. The SMILES string of the molecule is [2H]C([2H])(c1cc(-c2cccc3c2oc2c3ccc3sc(C)c(C)c32)ncc1-c1c(C)cccc1C)C(C)C. The summed E-state index contributed by atoms with van der Waals surface area (Å²) in [5, 5.41) is 3.33. The number of benzene rings is 3. The normalized spacial score (nSPS) is 13.2. The molecule has 0 fully saturated rings. The van der Waals surface area contributed by atoms with E-state index >= 15 is 0 Å². The van der Waals surface area contributed by atoms with E-state index in [1.165, 1.54) is 20.5 Å². The molecule has 180 valence electrons. The van der Waals surface area contributed by atoms with Crippen LogP contribution in [-0.4, -0.2) is 4.98 Å². The van der Waals surface area contributed by atoms with Crippen molar-refractivity contribution in [3.05, 3.63) is 87.9 Å². The van der Waals surface area contributed by atoms with Crippen molar-refractivity contribution in [2.24, 2.45) is 5.92 Å². The number of aromatic nitrogens is 1. The van der Waals surface area contributed by atoms with Crippen LogP contribution >= 0.6 is 11.3 Å². The van der Waals surface area contributed by atoms with E-state index in [2.05, 4.69) is 58.0 Å². The Kier molecular flexibility index (Phi) is 4.95. The maximum absolute atomic E-state index is 9.10. The minimum Gasteiger partial charge on any atom is -0.455 e. The molecule has 36 heavy (non-hydrogen) atoms. The van der Waals surface area contributed by atoms with Gasteiger partial charge in [-0.05, 0) is 92.1 Å². The van der Waals surface area contributed by atoms with Crippen molar-refractivity contribution < 1.29 is 7.16 Å². The van der Waals surface area contributed by atoms with Gasteiger partial charge in [0.1, 0.15) is 11.2 Å². The van der Waals surface area contributed by atoms with Gasteiger partial charge in [-0.15, -0.1) is 11.3 Å². The molecule has 0 aliphatic carbocycles. The summed E-state index contributed by atoms with van der Waals surface area (Å²) in [5.41, 5.74) is 9.37. The Morgan fingerprint density at radius 3 is 2.36 bits per heavy atom. The number of pyridine rings is 1. The molecule has 0 unspecified atom stereocenters. The zero-order valence-corrected chi connectivity index (χ0v) is 22.4. The molecule has 0 aliphatic heterocycles. The molecule has 3 aromatic carbocycles. The van der Waals surface area contributed by atoms with Gasteiger partial charge in [0.25, 0.3) is 0 Å². The van der Waals surface area contributed by atoms with Crippen LogP contribution in [0, 0.1) is 33.6 Å². The third-order valence-corrected chi connectivity index (χ3v) is 8.34. The average molecular weight is 492 g/mol. The van der Waals surface area contributed by atoms with Crippen LogP contribution in [0.15, 0.2) is 65.2 Å². The van der Waals surface area contributed by atoms with Gasteiger partial charge in [-0.1, -0.05) is 44.2 Å². The topological polar surface area (TPSA) is 26.0 Å². The molecule has 3 heterocycles. The first kappa shape index (κ1) is 20.7. The molecular weight excluding hydrogens is 458 g/mol. The summed E-state index contributed by atoms with van der Waals surface area (Å²) in [7, 11) is 0. The van der Waals surface area contributed by atoms with Crippen LogP contribution in [0.1, 0.15) is 43.7 Å². The lowest BCUT2D eigenvalue weighted by Crippen LogP contribution is -2.01. The summed E-state index contributed by atoms with van der Waals surface area (Å²) >= 11 is 1.80. The van der Waals surface area contributed by atoms with Gasteiger partial charge >= 0.3 is 0 Å². The van der Waals surface area contributed by atoms with Gasteiger partial charge < -0.3 is 4.42 Å². The number of aryl methyl sites for hydroxylation is 4. The average Bonchev–Trinajstić information content (AvgIpc) is 3.40. The molecular formula is C33H31NOS. The van der Waals surface area contributed by atoms with Gasteiger partial charge in [0, 0.05) is 45.8 Å². The Labute approximate surface area is 219 Å². The van der Waals surface area contributed by atoms with Gasteiger partial charge in [-0.25, -0.2) is 0 Å². The number of furan rings is 1. The zero-order chi connectivity index (χ0) is 26.9. The second kappa shape index (κ2) is 8.60. The van der Waals surface area contributed by atoms with Crippen LogP contribution in [0.4, 0.5) is 0 Å². The monoisotopic (exact) mass is 491 g/mol. The molecule has 0 bridgehead atoms. The van der Waals surface area contributed by atoms with Crippen LogP contribution in [-0.2, 0) is 6.37 Å². The molecule has 0 spiro atoms. The fourth-order valence-corrected chi connectivity index (χ4v) is 6.44. The van der Waals surface area contributed by atoms with Gasteiger partial charge in [-0.2, -0.15) is 0 Å². The van der Waals surface area contributed by atoms with Crippen LogP contribution in [0.25, 0.3) is 54.4 Å². The first-order chi connectivity index (χ1) is 18.1. The van der Waals surface area contributed by atoms with Crippen molar-refractivity contribution in [1.29, 1.82) is 0 Å². The van der Waals surface area contributed by atoms with Crippen LogP contribution in [0.5, 0.6) is 0 Å². The molecule has 6 rings (SSSR count). The molecule has 0 amide bonds. The van der Waals surface area contributed by atoms with Crippen molar-refractivity contribution in [3.8, 4) is 22.4 Å². The van der Waals surface area contributed by atoms with Gasteiger partial charge in [0.15, 0.2) is 0 Å². The second-order valence-corrected chi connectivity index (χ2v) is 11.3. The van der Waals surface area contributed by atoms with Crippen molar-refractivity contribution in [3.63, 3.8) is 0 Å². The third-order valence-electron chi connectivity index (χ3n) is 7.17. The van der Waals surface area contributed by atoms with E-state index in [4.69, 9.17) is 12.1 Å². The Bertz CT molecular complexity index is 1860. The molecule has 3 heteroatoms. The van der Waals surface area contributed by atoms with Crippen molar-refractivity contribution >= 4 is 43.4 Å². The van der Waals surface area contributed by atoms with E-state index in [0.29, 0.717) is 5.56 Å². The first-order valence-corrected chi connectivity index (χ1v) is 13.3. The lowest BCUT2D eigenvalue weighted by atomic mass is 9.89. The summed E-state index contributed by atoms with van der Waals surface area (Å²) in [6, 6.07) is 18.7. The summed E-state index contributed by atoms with van der Waals surface area (Å²) in [6.07, 6.45) is 0.313. The van der Waals surface area contributed by atoms with E-state index in [1.54, 1.807) is 11.3 Å². The van der Waals surface area contributed by atoms with Crippen molar-refractivity contribution in [2.45, 2.75) is 47.9 Å². The van der Waals surface area contributed by atoms with E-state index in [0.717, 1.165) is 55.4 Å². The Hall–Kier alpha value is -3.43. The van der Waals surface area contributed by atoms with Crippen LogP contribution in [0.3, 0.4) is 0 Å². The molecule has 3 aromatic heterocycles. The number of fused-ring (bicyclic) bond motifs is 5. The predicted molar refractivity (Wildman–Crippen MR) is 155 cm³/mol. The van der Waals surface area contributed by atoms with E-state index in [1.807, 2.05) is 44.3 Å². The van der Waals surface area contributed by atoms with Gasteiger partial charge in [0.05, 0.1) is 5.69 Å². The van der Waals surface area contributed by atoms with Crippen molar-refractivity contribution in [1.82, 2.24) is 4.98 Å². The molecule has 0 N–H and O–H groups in total. The minimum absolute atomic E-state index is 0.207. The molecule has 0 radical (unpaired) electrons. The Balaban J connectivity index is 1.64. The standard InChI is InChI=1S/C33H31NOS/c1-18(2)15-23-16-28(34-17-27(23)30-19(3)9-7-10-20(30)4)26-12-8-11-24-25-13-14-29-31(21(5)22(6)36-29)33(25)35-32(24)26/h7-14,16-18H,15H2,1-6H3/i15D2. The number of thiophene rings is 1.